The Morgan fingerprint density at radius 3 is 2.29 bits per heavy atom. The van der Waals surface area contributed by atoms with Crippen LogP contribution in [-0.2, 0) is 4.79 Å². The summed E-state index contributed by atoms with van der Waals surface area (Å²) in [5.41, 5.74) is 0. The molecule has 3 nitrogen and oxygen atoms in total. The Kier molecular flexibility index (Phi) is 8.70. The summed E-state index contributed by atoms with van der Waals surface area (Å²) in [7, 11) is 1.59. The van der Waals surface area contributed by atoms with Gasteiger partial charge < -0.3 is 10.4 Å². The molecule has 0 heterocycles. The Balaban J connectivity index is 0. The van der Waals surface area contributed by atoms with Crippen molar-refractivity contribution < 1.29 is 9.90 Å². The standard InChI is InChI=1S/C3H7NO2.Li.H/c1-4-2-3(5)6;;/h4H,2H2,1H3,(H,5,6);;. The average Bonchev–Trinajstić information content (AvgIpc) is 1.35. The number of carboxylic acids is 1. The zero-order valence-corrected chi connectivity index (χ0v) is 3.56. The number of hydrogen-bond acceptors (Lipinski definition) is 2. The molecule has 0 radical (unpaired) electrons. The number of carboxylic acid groups (broad SMARTS) is 1. The van der Waals surface area contributed by atoms with E-state index in [-0.39, 0.29) is 25.4 Å². The van der Waals surface area contributed by atoms with Crippen molar-refractivity contribution in [2.24, 2.45) is 0 Å². The molecule has 0 aromatic carbocycles. The van der Waals surface area contributed by atoms with Gasteiger partial charge in [0.05, 0.1) is 6.54 Å². The molecule has 0 bridgehead atoms. The van der Waals surface area contributed by atoms with Gasteiger partial charge in [0.15, 0.2) is 0 Å². The van der Waals surface area contributed by atoms with Gasteiger partial charge in [-0.15, -0.1) is 0 Å². The van der Waals surface area contributed by atoms with Crippen LogP contribution in [0, 0.1) is 0 Å². The molecule has 0 aromatic heterocycles. The second-order valence-electron chi connectivity index (χ2n) is 0.924. The van der Waals surface area contributed by atoms with Crippen molar-refractivity contribution in [3.05, 3.63) is 0 Å². The summed E-state index contributed by atoms with van der Waals surface area (Å²) in [6.07, 6.45) is 0. The third-order valence-corrected chi connectivity index (χ3v) is 0.328. The Morgan fingerprint density at radius 1 is 1.86 bits per heavy atom. The summed E-state index contributed by atoms with van der Waals surface area (Å²) in [6, 6.07) is 0. The van der Waals surface area contributed by atoms with Gasteiger partial charge in [0, 0.05) is 0 Å². The molecule has 7 heavy (non-hydrogen) atoms. The van der Waals surface area contributed by atoms with Gasteiger partial charge in [0.1, 0.15) is 0 Å². The van der Waals surface area contributed by atoms with Gasteiger partial charge in [-0.05, 0) is 7.05 Å². The monoisotopic (exact) mass is 97.1 g/mol. The van der Waals surface area contributed by atoms with Crippen LogP contribution in [0.15, 0.2) is 0 Å². The summed E-state index contributed by atoms with van der Waals surface area (Å²) >= 11 is 0. The van der Waals surface area contributed by atoms with Crippen molar-refractivity contribution in [1.29, 1.82) is 0 Å². The first-order valence-electron chi connectivity index (χ1n) is 1.63. The molecule has 0 rings (SSSR count). The number of hydrogen-bond donors (Lipinski definition) is 2. The molecule has 0 unspecified atom stereocenters. The Bertz CT molecular complexity index is 56.9. The maximum absolute atomic E-state index is 9.54. The van der Waals surface area contributed by atoms with Crippen molar-refractivity contribution in [3.8, 4) is 0 Å². The molecule has 4 heteroatoms. The van der Waals surface area contributed by atoms with Gasteiger partial charge in [-0.25, -0.2) is 0 Å². The van der Waals surface area contributed by atoms with Crippen LogP contribution in [0.3, 0.4) is 0 Å². The van der Waals surface area contributed by atoms with E-state index >= 15 is 0 Å². The molecular formula is C3H8LiNO2. The topological polar surface area (TPSA) is 49.3 Å². The predicted octanol–water partition coefficient (Wildman–Crippen LogP) is -1.36. The molecule has 0 aliphatic rings. The van der Waals surface area contributed by atoms with Gasteiger partial charge in [-0.2, -0.15) is 0 Å². The van der Waals surface area contributed by atoms with Gasteiger partial charge in [-0.1, -0.05) is 0 Å². The Morgan fingerprint density at radius 2 is 2.29 bits per heavy atom. The Hall–Kier alpha value is 0.0274. The van der Waals surface area contributed by atoms with Crippen LogP contribution in [0.2, 0.25) is 0 Å². The first kappa shape index (κ1) is 10.1. The molecule has 0 spiro atoms. The van der Waals surface area contributed by atoms with E-state index in [0.29, 0.717) is 0 Å². The van der Waals surface area contributed by atoms with Gasteiger partial charge >= 0.3 is 24.8 Å². The fraction of sp³-hybridized carbons (Fsp3) is 0.667. The summed E-state index contributed by atoms with van der Waals surface area (Å²) in [5.74, 6) is -0.822. The van der Waals surface area contributed by atoms with Crippen LogP contribution < -0.4 is 5.32 Å². The van der Waals surface area contributed by atoms with Crippen LogP contribution >= 0.6 is 0 Å². The predicted molar refractivity (Wildman–Crippen MR) is 28.7 cm³/mol. The SMILES string of the molecule is CNCC(=O)O.[LiH]. The number of likely N-dealkylation sites (N-methyl/N-ethyl adjacent to an activating group) is 1. The minimum atomic E-state index is -0.822. The quantitative estimate of drug-likeness (QED) is 0.418. The zero-order chi connectivity index (χ0) is 4.99. The molecule has 0 aromatic rings. The van der Waals surface area contributed by atoms with E-state index in [1.165, 1.54) is 0 Å². The minimum absolute atomic E-state index is 0. The van der Waals surface area contributed by atoms with E-state index in [1.54, 1.807) is 7.05 Å². The van der Waals surface area contributed by atoms with Gasteiger partial charge in [0.2, 0.25) is 0 Å². The van der Waals surface area contributed by atoms with Crippen LogP contribution in [-0.4, -0.2) is 43.5 Å². The molecule has 38 valence electrons. The normalized spacial score (nSPS) is 7.00. The van der Waals surface area contributed by atoms with Crippen LogP contribution in [0.1, 0.15) is 0 Å². The molecule has 0 aliphatic heterocycles. The summed E-state index contributed by atoms with van der Waals surface area (Å²) in [4.78, 5) is 9.54. The molecule has 0 atom stereocenters. The van der Waals surface area contributed by atoms with E-state index in [4.69, 9.17) is 5.11 Å². The van der Waals surface area contributed by atoms with Crippen molar-refractivity contribution in [1.82, 2.24) is 5.32 Å². The zero-order valence-electron chi connectivity index (χ0n) is 3.56. The first-order chi connectivity index (χ1) is 2.77. The van der Waals surface area contributed by atoms with Crippen molar-refractivity contribution >= 4 is 24.8 Å². The van der Waals surface area contributed by atoms with Crippen LogP contribution in [0.5, 0.6) is 0 Å². The van der Waals surface area contributed by atoms with Crippen LogP contribution in [0.25, 0.3) is 0 Å². The van der Waals surface area contributed by atoms with E-state index < -0.39 is 5.97 Å². The van der Waals surface area contributed by atoms with E-state index in [0.717, 1.165) is 0 Å². The van der Waals surface area contributed by atoms with Crippen molar-refractivity contribution in [3.63, 3.8) is 0 Å². The molecule has 0 fully saturated rings. The van der Waals surface area contributed by atoms with E-state index in [2.05, 4.69) is 5.32 Å². The van der Waals surface area contributed by atoms with Gasteiger partial charge in [-0.3, -0.25) is 4.79 Å². The maximum atomic E-state index is 9.54. The van der Waals surface area contributed by atoms with Crippen molar-refractivity contribution in [2.45, 2.75) is 0 Å². The van der Waals surface area contributed by atoms with Gasteiger partial charge in [0.25, 0.3) is 0 Å². The second kappa shape index (κ2) is 6.03. The molecule has 0 saturated carbocycles. The average molecular weight is 97.0 g/mol. The number of rotatable bonds is 2. The number of aliphatic carboxylic acids is 1. The fourth-order valence-electron chi connectivity index (χ4n) is 0.151. The van der Waals surface area contributed by atoms with E-state index in [1.807, 2.05) is 0 Å². The summed E-state index contributed by atoms with van der Waals surface area (Å²) < 4.78 is 0. The second-order valence-corrected chi connectivity index (χ2v) is 0.924. The molecule has 2 N–H and O–H groups in total. The third kappa shape index (κ3) is 10.7. The molecule has 0 aliphatic carbocycles. The van der Waals surface area contributed by atoms with Crippen molar-refractivity contribution in [2.75, 3.05) is 13.6 Å². The number of carbonyl (C=O) groups is 1. The molecule has 0 amide bonds. The van der Waals surface area contributed by atoms with E-state index in [9.17, 15) is 4.79 Å². The Labute approximate surface area is 54.3 Å². The number of nitrogens with one attached hydrogen (secondary N) is 1. The van der Waals surface area contributed by atoms with Crippen LogP contribution in [0.4, 0.5) is 0 Å². The summed E-state index contributed by atoms with van der Waals surface area (Å²) in [6.45, 7) is 0.0417. The first-order valence-corrected chi connectivity index (χ1v) is 1.63. The summed E-state index contributed by atoms with van der Waals surface area (Å²) in [5, 5.41) is 10.3. The molecule has 0 saturated heterocycles. The third-order valence-electron chi connectivity index (χ3n) is 0.328. The fourth-order valence-corrected chi connectivity index (χ4v) is 0.151. The molecular weight excluding hydrogens is 89.0 g/mol.